The molecule has 1 heterocycles. The van der Waals surface area contributed by atoms with Crippen molar-refractivity contribution in [2.24, 2.45) is 5.73 Å². The van der Waals surface area contributed by atoms with Crippen LogP contribution in [0.15, 0.2) is 0 Å². The third kappa shape index (κ3) is 3.24. The topological polar surface area (TPSA) is 172 Å². The van der Waals surface area contributed by atoms with E-state index in [0.29, 0.717) is 0 Å². The minimum Gasteiger partial charge on any atom is -0.477 e. The number of rotatable bonds is 6. The second kappa shape index (κ2) is 6.74. The van der Waals surface area contributed by atoms with E-state index in [0.717, 1.165) is 7.11 Å². The van der Waals surface area contributed by atoms with Gasteiger partial charge in [-0.05, 0) is 0 Å². The molecule has 1 rings (SSSR count). The predicted octanol–water partition coefficient (Wildman–Crippen LogP) is -3.46. The Hall–Kier alpha value is -0.850. The Kier molecular flexibility index (Phi) is 5.79. The number of aliphatic carboxylic acids is 1. The highest BCUT2D eigenvalue weighted by Crippen LogP contribution is 2.32. The number of nitrogens with two attached hydrogens (primary N) is 1. The largest absolute Gasteiger partial charge is 0.477 e. The molecule has 1 saturated heterocycles. The first-order valence-corrected chi connectivity index (χ1v) is 5.82. The van der Waals surface area contributed by atoms with Crippen LogP contribution in [0.4, 0.5) is 0 Å². The zero-order chi connectivity index (χ0) is 15.5. The van der Waals surface area contributed by atoms with Crippen LogP contribution in [0, 0.1) is 0 Å². The van der Waals surface area contributed by atoms with E-state index in [1.165, 1.54) is 0 Å². The molecule has 7 N–H and O–H groups in total. The van der Waals surface area contributed by atoms with Gasteiger partial charge in [-0.15, -0.1) is 0 Å². The van der Waals surface area contributed by atoms with Crippen molar-refractivity contribution in [1.82, 2.24) is 0 Å². The summed E-state index contributed by atoms with van der Waals surface area (Å²) in [6, 6.07) is -1.18. The summed E-state index contributed by atoms with van der Waals surface area (Å²) < 4.78 is 5.09. The first kappa shape index (κ1) is 17.2. The molecule has 0 bridgehead atoms. The molecule has 118 valence electrons. The standard InChI is InChI=1S/C10H19NO9/c1-18-20-10(9(16)17)2-4(13)6(11)8(19-10)7(15)5(14)3-12/h4-8,12-15H,2-3,11H2,1H3,(H,16,17)/t4-,5+,6+,7+,8+,10+/m0/s1. The predicted molar refractivity (Wildman–Crippen MR) is 61.0 cm³/mol. The zero-order valence-electron chi connectivity index (χ0n) is 10.7. The van der Waals surface area contributed by atoms with Gasteiger partial charge in [0.2, 0.25) is 0 Å². The number of hydrogen-bond acceptors (Lipinski definition) is 9. The van der Waals surface area contributed by atoms with E-state index in [-0.39, 0.29) is 0 Å². The van der Waals surface area contributed by atoms with Gasteiger partial charge in [-0.2, -0.15) is 4.89 Å². The highest BCUT2D eigenvalue weighted by atomic mass is 17.2. The fraction of sp³-hybridized carbons (Fsp3) is 0.900. The van der Waals surface area contributed by atoms with Crippen molar-refractivity contribution in [3.63, 3.8) is 0 Å². The Morgan fingerprint density at radius 2 is 2.15 bits per heavy atom. The van der Waals surface area contributed by atoms with Crippen molar-refractivity contribution in [2.45, 2.75) is 42.7 Å². The highest BCUT2D eigenvalue weighted by Gasteiger charge is 2.55. The summed E-state index contributed by atoms with van der Waals surface area (Å²) >= 11 is 0. The van der Waals surface area contributed by atoms with Crippen LogP contribution >= 0.6 is 0 Å². The minimum absolute atomic E-state index is 0.532. The summed E-state index contributed by atoms with van der Waals surface area (Å²) in [5, 5.41) is 46.9. The maximum absolute atomic E-state index is 11.3. The van der Waals surface area contributed by atoms with Gasteiger partial charge in [-0.1, -0.05) is 0 Å². The molecule has 0 radical (unpaired) electrons. The number of hydrogen-bond donors (Lipinski definition) is 6. The summed E-state index contributed by atoms with van der Waals surface area (Å²) in [5.41, 5.74) is 5.62. The molecule has 0 saturated carbocycles. The average Bonchev–Trinajstić information content (AvgIpc) is 2.41. The molecule has 1 aliphatic rings. The molecule has 0 aromatic carbocycles. The number of aliphatic hydroxyl groups is 4. The molecule has 0 aromatic rings. The molecule has 0 amide bonds. The highest BCUT2D eigenvalue weighted by molar-refractivity contribution is 5.75. The molecular weight excluding hydrogens is 278 g/mol. The van der Waals surface area contributed by atoms with Gasteiger partial charge in [0.15, 0.2) is 0 Å². The monoisotopic (exact) mass is 297 g/mol. The maximum atomic E-state index is 11.3. The van der Waals surface area contributed by atoms with Crippen molar-refractivity contribution in [2.75, 3.05) is 13.7 Å². The van der Waals surface area contributed by atoms with Gasteiger partial charge in [0, 0.05) is 6.42 Å². The van der Waals surface area contributed by atoms with Gasteiger partial charge in [0.1, 0.15) is 18.3 Å². The molecule has 20 heavy (non-hydrogen) atoms. The van der Waals surface area contributed by atoms with Crippen LogP contribution in [0.25, 0.3) is 0 Å². The van der Waals surface area contributed by atoms with Crippen molar-refractivity contribution >= 4 is 5.97 Å². The fourth-order valence-electron chi connectivity index (χ4n) is 1.96. The number of carbonyl (C=O) groups is 1. The number of carboxylic acid groups (broad SMARTS) is 1. The molecular formula is C10H19NO9. The zero-order valence-corrected chi connectivity index (χ0v) is 10.7. The van der Waals surface area contributed by atoms with Gasteiger partial charge < -0.3 is 36.0 Å². The van der Waals surface area contributed by atoms with E-state index in [1.807, 2.05) is 0 Å². The third-order valence-corrected chi connectivity index (χ3v) is 3.09. The lowest BCUT2D eigenvalue weighted by molar-refractivity contribution is -0.431. The Balaban J connectivity index is 3.02. The molecule has 1 fully saturated rings. The Bertz CT molecular complexity index is 341. The molecule has 6 atom stereocenters. The van der Waals surface area contributed by atoms with Gasteiger partial charge in [-0.3, -0.25) is 0 Å². The van der Waals surface area contributed by atoms with E-state index in [1.54, 1.807) is 0 Å². The minimum atomic E-state index is -2.37. The SMILES string of the molecule is COO[C@@]1(C(=O)O)C[C@H](O)[C@@H](N)[C@H]([C@H](O)[C@H](O)CO)O1. The average molecular weight is 297 g/mol. The van der Waals surface area contributed by atoms with E-state index < -0.39 is 55.2 Å². The Morgan fingerprint density at radius 3 is 2.60 bits per heavy atom. The normalized spacial score (nSPS) is 37.4. The molecule has 0 aromatic heterocycles. The number of carboxylic acids is 1. The Morgan fingerprint density at radius 1 is 1.55 bits per heavy atom. The van der Waals surface area contributed by atoms with Crippen LogP contribution in [0.1, 0.15) is 6.42 Å². The van der Waals surface area contributed by atoms with E-state index in [4.69, 9.17) is 20.7 Å². The summed E-state index contributed by atoms with van der Waals surface area (Å²) in [6.45, 7) is -0.797. The Labute approximate surface area is 114 Å². The smallest absolute Gasteiger partial charge is 0.367 e. The number of aliphatic hydroxyl groups excluding tert-OH is 4. The van der Waals surface area contributed by atoms with Crippen LogP contribution in [0.5, 0.6) is 0 Å². The maximum Gasteiger partial charge on any atom is 0.367 e. The first-order chi connectivity index (χ1) is 9.29. The van der Waals surface area contributed by atoms with Gasteiger partial charge in [0.25, 0.3) is 0 Å². The lowest BCUT2D eigenvalue weighted by atomic mass is 9.89. The molecule has 0 aliphatic carbocycles. The third-order valence-electron chi connectivity index (χ3n) is 3.09. The van der Waals surface area contributed by atoms with Gasteiger partial charge >= 0.3 is 11.8 Å². The molecule has 1 aliphatic heterocycles. The summed E-state index contributed by atoms with van der Waals surface area (Å²) in [6.07, 6.45) is -6.74. The van der Waals surface area contributed by atoms with Crippen molar-refractivity contribution in [1.29, 1.82) is 0 Å². The van der Waals surface area contributed by atoms with Crippen molar-refractivity contribution < 1.29 is 44.8 Å². The molecule has 10 heteroatoms. The number of ether oxygens (including phenoxy) is 1. The van der Waals surface area contributed by atoms with Crippen LogP contribution in [-0.2, 0) is 19.3 Å². The van der Waals surface area contributed by atoms with Gasteiger partial charge in [0.05, 0.1) is 25.9 Å². The quantitative estimate of drug-likeness (QED) is 0.214. The molecule has 10 nitrogen and oxygen atoms in total. The first-order valence-electron chi connectivity index (χ1n) is 5.82. The molecule has 0 spiro atoms. The van der Waals surface area contributed by atoms with Crippen LogP contribution in [0.2, 0.25) is 0 Å². The lowest BCUT2D eigenvalue weighted by Crippen LogP contribution is -2.66. The van der Waals surface area contributed by atoms with Crippen LogP contribution in [-0.4, -0.2) is 81.5 Å². The van der Waals surface area contributed by atoms with E-state index in [2.05, 4.69) is 9.78 Å². The van der Waals surface area contributed by atoms with Crippen LogP contribution in [0.3, 0.4) is 0 Å². The van der Waals surface area contributed by atoms with Gasteiger partial charge in [-0.25, -0.2) is 9.68 Å². The van der Waals surface area contributed by atoms with Crippen LogP contribution < -0.4 is 5.73 Å². The summed E-state index contributed by atoms with van der Waals surface area (Å²) in [5.74, 6) is -3.97. The second-order valence-electron chi connectivity index (χ2n) is 4.48. The van der Waals surface area contributed by atoms with Crippen molar-refractivity contribution in [3.05, 3.63) is 0 Å². The van der Waals surface area contributed by atoms with Crippen molar-refractivity contribution in [3.8, 4) is 0 Å². The summed E-state index contributed by atoms with van der Waals surface area (Å²) in [7, 11) is 1.04. The molecule has 0 unspecified atom stereocenters. The lowest BCUT2D eigenvalue weighted by Gasteiger charge is -2.44. The second-order valence-corrected chi connectivity index (χ2v) is 4.48. The van der Waals surface area contributed by atoms with E-state index >= 15 is 0 Å². The van der Waals surface area contributed by atoms with E-state index in [9.17, 15) is 20.1 Å². The fourth-order valence-corrected chi connectivity index (χ4v) is 1.96. The summed E-state index contributed by atoms with van der Waals surface area (Å²) in [4.78, 5) is 20.1.